The number of Topliss-reactive ketones (excluding diaryl/α,β-unsaturated/α-hetero) is 1. The number of halogens is 6. The number of alkyl halides is 3. The largest absolute Gasteiger partial charge is 0.401 e. The maximum Gasteiger partial charge on any atom is 0.401 e. The molecule has 3 atom stereocenters. The van der Waals surface area contributed by atoms with Crippen LogP contribution >= 0.6 is 34.8 Å². The van der Waals surface area contributed by atoms with Gasteiger partial charge in [0.25, 0.3) is 0 Å². The van der Waals surface area contributed by atoms with Crippen LogP contribution in [0.1, 0.15) is 34.5 Å². The van der Waals surface area contributed by atoms with Crippen LogP contribution in [0.15, 0.2) is 35.5 Å². The van der Waals surface area contributed by atoms with Crippen molar-refractivity contribution in [2.24, 2.45) is 11.1 Å². The summed E-state index contributed by atoms with van der Waals surface area (Å²) in [6.45, 7) is 0.745. The van der Waals surface area contributed by atoms with E-state index < -0.39 is 57.0 Å². The zero-order valence-corrected chi connectivity index (χ0v) is 22.0. The molecule has 1 N–H and O–H groups in total. The summed E-state index contributed by atoms with van der Waals surface area (Å²) in [6, 6.07) is 6.90. The van der Waals surface area contributed by atoms with Crippen molar-refractivity contribution in [2.45, 2.75) is 24.0 Å². The van der Waals surface area contributed by atoms with E-state index in [1.165, 1.54) is 24.3 Å². The molecule has 1 spiro atoms. The number of ether oxygens (including phenoxy) is 1. The van der Waals surface area contributed by atoms with Crippen LogP contribution in [-0.4, -0.2) is 51.2 Å². The van der Waals surface area contributed by atoms with Gasteiger partial charge in [-0.05, 0) is 34.9 Å². The predicted octanol–water partition coefficient (Wildman–Crippen LogP) is 4.78. The molecule has 3 heterocycles. The van der Waals surface area contributed by atoms with Gasteiger partial charge in [0.2, 0.25) is 0 Å². The van der Waals surface area contributed by atoms with Gasteiger partial charge in [-0.2, -0.15) is 13.2 Å². The number of ketones is 1. The topological polar surface area (TPSA) is 94.1 Å². The summed E-state index contributed by atoms with van der Waals surface area (Å²) in [4.78, 5) is 18.1. The van der Waals surface area contributed by atoms with E-state index in [1.54, 1.807) is 6.07 Å². The fourth-order valence-corrected chi connectivity index (χ4v) is 6.11. The number of oxime groups is 1. The Balaban J connectivity index is 1.55. The van der Waals surface area contributed by atoms with Crippen molar-refractivity contribution >= 4 is 56.1 Å². The zero-order chi connectivity index (χ0) is 26.9. The number of nitrogens with one attached hydrogen (secondary N) is 1. The fourth-order valence-electron chi connectivity index (χ4n) is 4.83. The van der Waals surface area contributed by atoms with E-state index in [9.17, 15) is 26.4 Å². The second-order valence-electron chi connectivity index (χ2n) is 9.25. The van der Waals surface area contributed by atoms with Crippen LogP contribution in [0.5, 0.6) is 0 Å². The first kappa shape index (κ1) is 26.7. The Kier molecular flexibility index (Phi) is 6.57. The van der Waals surface area contributed by atoms with E-state index in [2.05, 4.69) is 10.5 Å². The van der Waals surface area contributed by atoms with Gasteiger partial charge in [-0.15, -0.1) is 0 Å². The number of nitrogens with zero attached hydrogens (tertiary/aromatic N) is 1. The summed E-state index contributed by atoms with van der Waals surface area (Å²) >= 11 is 18.0. The Morgan fingerprint density at radius 3 is 2.35 bits per heavy atom. The van der Waals surface area contributed by atoms with Crippen LogP contribution in [0.25, 0.3) is 0 Å². The Hall–Kier alpha value is -1.89. The normalized spacial score (nSPS) is 24.4. The van der Waals surface area contributed by atoms with Crippen LogP contribution in [0.2, 0.25) is 15.1 Å². The number of rotatable bonds is 5. The van der Waals surface area contributed by atoms with Crippen LogP contribution < -0.4 is 5.32 Å². The Labute approximate surface area is 224 Å². The van der Waals surface area contributed by atoms with Crippen molar-refractivity contribution in [3.63, 3.8) is 0 Å². The first-order valence-corrected chi connectivity index (χ1v) is 14.1. The Bertz CT molecular complexity index is 1420. The van der Waals surface area contributed by atoms with Crippen molar-refractivity contribution in [3.05, 3.63) is 67.7 Å². The molecule has 3 aliphatic heterocycles. The van der Waals surface area contributed by atoms with Gasteiger partial charge >= 0.3 is 6.18 Å². The van der Waals surface area contributed by atoms with Crippen molar-refractivity contribution in [1.29, 1.82) is 0 Å². The summed E-state index contributed by atoms with van der Waals surface area (Å²) in [5, 5.41) is 6.73. The van der Waals surface area contributed by atoms with Crippen LogP contribution in [-0.2, 0) is 29.8 Å². The smallest absolute Gasteiger partial charge is 0.386 e. The highest BCUT2D eigenvalue weighted by atomic mass is 35.5. The third-order valence-corrected chi connectivity index (χ3v) is 8.54. The minimum Gasteiger partial charge on any atom is -0.386 e. The Morgan fingerprint density at radius 1 is 1.16 bits per heavy atom. The fraction of sp³-hybridized carbons (Fsp3) is 0.391. The van der Waals surface area contributed by atoms with Gasteiger partial charge in [0.15, 0.2) is 21.7 Å². The predicted molar refractivity (Wildman–Crippen MR) is 131 cm³/mol. The molecule has 0 aliphatic carbocycles. The van der Waals surface area contributed by atoms with Crippen LogP contribution in [0.4, 0.5) is 13.2 Å². The average molecular weight is 598 g/mol. The first-order valence-electron chi connectivity index (χ1n) is 10.9. The maximum absolute atomic E-state index is 14.4. The molecule has 0 amide bonds. The minimum absolute atomic E-state index is 0.00220. The quantitative estimate of drug-likeness (QED) is 0.499. The summed E-state index contributed by atoms with van der Waals surface area (Å²) in [5.41, 5.74) is -0.271. The van der Waals surface area contributed by atoms with Gasteiger partial charge in [-0.1, -0.05) is 52.1 Å². The number of hydrogen-bond donors (Lipinski definition) is 1. The highest BCUT2D eigenvalue weighted by Gasteiger charge is 2.55. The molecule has 2 aromatic rings. The van der Waals surface area contributed by atoms with Crippen molar-refractivity contribution < 1.29 is 36.0 Å². The summed E-state index contributed by atoms with van der Waals surface area (Å²) in [6.07, 6.45) is -6.69. The van der Waals surface area contributed by atoms with E-state index in [4.69, 9.17) is 44.4 Å². The van der Waals surface area contributed by atoms with Gasteiger partial charge < -0.3 is 14.9 Å². The minimum atomic E-state index is -4.78. The standard InChI is InChI=1S/C23H18Cl3F3N2O5S/c1-37(33,34)7-16(32)21-12-4-10(2-3-13(12)22(35-21)8-30-9-22)19-17(23(27,28)29)20(36-31-19)11-5-14(24)18(26)15(25)6-11/h2-6,17,20-21,30H,7-9H2,1H3. The van der Waals surface area contributed by atoms with Gasteiger partial charge in [0, 0.05) is 24.9 Å². The highest BCUT2D eigenvalue weighted by Crippen LogP contribution is 2.49. The molecule has 1 fully saturated rings. The number of fused-ring (bicyclic) bond motifs is 2. The molecular formula is C23H18Cl3F3N2O5S. The third kappa shape index (κ3) is 4.74. The first-order chi connectivity index (χ1) is 17.2. The molecule has 14 heteroatoms. The molecule has 2 aromatic carbocycles. The summed E-state index contributed by atoms with van der Waals surface area (Å²) in [5.74, 6) is -3.66. The van der Waals surface area contributed by atoms with E-state index in [0.29, 0.717) is 24.2 Å². The number of sulfone groups is 1. The molecule has 0 aromatic heterocycles. The monoisotopic (exact) mass is 596 g/mol. The lowest BCUT2D eigenvalue weighted by Gasteiger charge is -2.39. The van der Waals surface area contributed by atoms with E-state index >= 15 is 0 Å². The molecule has 1 saturated heterocycles. The lowest BCUT2D eigenvalue weighted by molar-refractivity contribution is -0.177. The number of carbonyl (C=O) groups is 1. The molecule has 0 bridgehead atoms. The molecule has 3 unspecified atom stereocenters. The van der Waals surface area contributed by atoms with Gasteiger partial charge in [0.05, 0.1) is 15.1 Å². The van der Waals surface area contributed by atoms with E-state index in [0.717, 1.165) is 6.26 Å². The van der Waals surface area contributed by atoms with Crippen molar-refractivity contribution in [3.8, 4) is 0 Å². The second-order valence-corrected chi connectivity index (χ2v) is 12.6. The van der Waals surface area contributed by atoms with E-state index in [1.807, 2.05) is 0 Å². The second kappa shape index (κ2) is 9.10. The number of benzene rings is 2. The van der Waals surface area contributed by atoms with Gasteiger partial charge in [0.1, 0.15) is 29.1 Å². The average Bonchev–Trinajstić information content (AvgIpc) is 3.35. The summed E-state index contributed by atoms with van der Waals surface area (Å²) < 4.78 is 72.6. The lowest BCUT2D eigenvalue weighted by atomic mass is 9.83. The molecule has 5 rings (SSSR count). The molecule has 3 aliphatic rings. The van der Waals surface area contributed by atoms with Gasteiger partial charge in [-0.25, -0.2) is 8.42 Å². The molecular weight excluding hydrogens is 580 g/mol. The third-order valence-electron chi connectivity index (χ3n) is 6.53. The van der Waals surface area contributed by atoms with Gasteiger partial charge in [-0.3, -0.25) is 4.79 Å². The Morgan fingerprint density at radius 2 is 1.81 bits per heavy atom. The van der Waals surface area contributed by atoms with Crippen molar-refractivity contribution in [2.75, 3.05) is 25.1 Å². The SMILES string of the molecule is CS(=O)(=O)CC(=O)C1OC2(CNC2)c2ccc(C3=NOC(c4cc(Cl)c(Cl)c(Cl)c4)C3C(F)(F)F)cc21. The van der Waals surface area contributed by atoms with Crippen molar-refractivity contribution in [1.82, 2.24) is 5.32 Å². The number of carbonyl (C=O) groups excluding carboxylic acids is 1. The van der Waals surface area contributed by atoms with Crippen LogP contribution in [0.3, 0.4) is 0 Å². The van der Waals surface area contributed by atoms with Crippen LogP contribution in [0, 0.1) is 5.92 Å². The van der Waals surface area contributed by atoms with E-state index in [-0.39, 0.29) is 26.2 Å². The molecule has 0 saturated carbocycles. The molecule has 37 heavy (non-hydrogen) atoms. The highest BCUT2D eigenvalue weighted by molar-refractivity contribution is 7.91. The number of hydrogen-bond acceptors (Lipinski definition) is 7. The lowest BCUT2D eigenvalue weighted by Crippen LogP contribution is -2.57. The zero-order valence-electron chi connectivity index (χ0n) is 18.9. The summed E-state index contributed by atoms with van der Waals surface area (Å²) in [7, 11) is -3.66. The molecule has 7 nitrogen and oxygen atoms in total. The molecule has 198 valence electrons. The molecule has 0 radical (unpaired) electrons. The maximum atomic E-state index is 14.4.